The molecule has 1 N–H and O–H groups in total. The summed E-state index contributed by atoms with van der Waals surface area (Å²) in [6.07, 6.45) is 5.25. The summed E-state index contributed by atoms with van der Waals surface area (Å²) in [5, 5.41) is 9.89. The van der Waals surface area contributed by atoms with Gasteiger partial charge in [0.05, 0.1) is 18.1 Å². The van der Waals surface area contributed by atoms with Gasteiger partial charge in [-0.1, -0.05) is 30.3 Å². The predicted octanol–water partition coefficient (Wildman–Crippen LogP) is 4.56. The molecule has 0 atom stereocenters. The number of thioether (sulfide) groups is 1. The maximum Gasteiger partial charge on any atom is 0.263 e. The standard InChI is InChI=1S/C24H31ClN6O2S/c1-4-15-34-23-28-20(30-12-5-6-13-30)19-16-27-31(21(19)29-23)14-11-26-22(32)24(2,3)33-18-9-7-17(25)8-10-18/h7-10,16H,4-6,11-15H2,1-3H3,(H,26,32). The number of amides is 1. The molecule has 1 aromatic carbocycles. The molecule has 0 spiro atoms. The topological polar surface area (TPSA) is 85.2 Å². The fraction of sp³-hybridized carbons (Fsp3) is 0.500. The molecule has 2 aromatic heterocycles. The van der Waals surface area contributed by atoms with Crippen molar-refractivity contribution >= 4 is 46.1 Å². The summed E-state index contributed by atoms with van der Waals surface area (Å²) in [5.74, 6) is 2.32. The van der Waals surface area contributed by atoms with Crippen molar-refractivity contribution in [3.05, 3.63) is 35.5 Å². The molecule has 1 aliphatic heterocycles. The van der Waals surface area contributed by atoms with Gasteiger partial charge in [0.15, 0.2) is 16.4 Å². The second-order valence-corrected chi connectivity index (χ2v) is 10.3. The number of ether oxygens (including phenoxy) is 1. The molecule has 1 saturated heterocycles. The monoisotopic (exact) mass is 502 g/mol. The smallest absolute Gasteiger partial charge is 0.263 e. The minimum atomic E-state index is -1.03. The van der Waals surface area contributed by atoms with Gasteiger partial charge in [-0.25, -0.2) is 14.6 Å². The number of halogens is 1. The van der Waals surface area contributed by atoms with Crippen molar-refractivity contribution in [2.75, 3.05) is 30.3 Å². The third kappa shape index (κ3) is 5.75. The molecule has 8 nitrogen and oxygen atoms in total. The molecular formula is C24H31ClN6O2S. The van der Waals surface area contributed by atoms with Crippen molar-refractivity contribution in [1.82, 2.24) is 25.1 Å². The molecule has 34 heavy (non-hydrogen) atoms. The van der Waals surface area contributed by atoms with Gasteiger partial charge in [-0.05, 0) is 57.4 Å². The summed E-state index contributed by atoms with van der Waals surface area (Å²) in [6, 6.07) is 6.97. The van der Waals surface area contributed by atoms with Gasteiger partial charge in [0.1, 0.15) is 11.6 Å². The third-order valence-corrected chi connectivity index (χ3v) is 6.94. The lowest BCUT2D eigenvalue weighted by Gasteiger charge is -2.25. The van der Waals surface area contributed by atoms with Crippen molar-refractivity contribution in [3.63, 3.8) is 0 Å². The molecule has 1 fully saturated rings. The molecule has 0 unspecified atom stereocenters. The number of carbonyl (C=O) groups excluding carboxylic acids is 1. The number of nitrogens with one attached hydrogen (secondary N) is 1. The number of aromatic nitrogens is 4. The normalized spacial score (nSPS) is 14.1. The molecule has 182 valence electrons. The Balaban J connectivity index is 1.44. The van der Waals surface area contributed by atoms with E-state index in [1.165, 1.54) is 12.8 Å². The zero-order valence-corrected chi connectivity index (χ0v) is 21.5. The maximum atomic E-state index is 12.8. The van der Waals surface area contributed by atoms with Crippen LogP contribution in [0.5, 0.6) is 5.75 Å². The number of anilines is 1. The molecule has 4 rings (SSSR count). The Morgan fingerprint density at radius 1 is 1.21 bits per heavy atom. The lowest BCUT2D eigenvalue weighted by Crippen LogP contribution is -2.47. The second kappa shape index (κ2) is 10.8. The van der Waals surface area contributed by atoms with Gasteiger partial charge in [-0.15, -0.1) is 0 Å². The summed E-state index contributed by atoms with van der Waals surface area (Å²) >= 11 is 7.60. The molecule has 10 heteroatoms. The highest BCUT2D eigenvalue weighted by Gasteiger charge is 2.29. The van der Waals surface area contributed by atoms with Crippen LogP contribution in [-0.2, 0) is 11.3 Å². The first-order valence-electron chi connectivity index (χ1n) is 11.7. The van der Waals surface area contributed by atoms with Crippen molar-refractivity contribution in [3.8, 4) is 5.75 Å². The summed E-state index contributed by atoms with van der Waals surface area (Å²) in [7, 11) is 0. The lowest BCUT2D eigenvalue weighted by atomic mass is 10.1. The fourth-order valence-corrected chi connectivity index (χ4v) is 4.66. The number of fused-ring (bicyclic) bond motifs is 1. The van der Waals surface area contributed by atoms with Crippen LogP contribution < -0.4 is 15.0 Å². The molecule has 0 aliphatic carbocycles. The first-order chi connectivity index (χ1) is 16.4. The molecule has 0 radical (unpaired) electrons. The maximum absolute atomic E-state index is 12.8. The van der Waals surface area contributed by atoms with Crippen LogP contribution in [0, 0.1) is 0 Å². The zero-order chi connectivity index (χ0) is 24.1. The average Bonchev–Trinajstić information content (AvgIpc) is 3.49. The van der Waals surface area contributed by atoms with Gasteiger partial charge in [0.2, 0.25) is 0 Å². The fourth-order valence-electron chi connectivity index (χ4n) is 3.84. The van der Waals surface area contributed by atoms with Crippen LogP contribution in [0.2, 0.25) is 5.02 Å². The van der Waals surface area contributed by atoms with E-state index < -0.39 is 5.60 Å². The van der Waals surface area contributed by atoms with Gasteiger partial charge >= 0.3 is 0 Å². The van der Waals surface area contributed by atoms with Gasteiger partial charge < -0.3 is 15.0 Å². The molecule has 3 aromatic rings. The minimum Gasteiger partial charge on any atom is -0.478 e. The number of benzene rings is 1. The summed E-state index contributed by atoms with van der Waals surface area (Å²) in [6.45, 7) is 8.56. The van der Waals surface area contributed by atoms with Crippen molar-refractivity contribution < 1.29 is 9.53 Å². The first kappa shape index (κ1) is 24.6. The van der Waals surface area contributed by atoms with E-state index in [-0.39, 0.29) is 5.91 Å². The summed E-state index contributed by atoms with van der Waals surface area (Å²) < 4.78 is 7.73. The first-order valence-corrected chi connectivity index (χ1v) is 13.1. The SMILES string of the molecule is CCCSc1nc(N2CCCC2)c2cnn(CCNC(=O)C(C)(C)Oc3ccc(Cl)cc3)c2n1. The molecule has 1 amide bonds. The Hall–Kier alpha value is -2.52. The molecule has 0 bridgehead atoms. The Morgan fingerprint density at radius 2 is 1.94 bits per heavy atom. The highest BCUT2D eigenvalue weighted by atomic mass is 35.5. The van der Waals surface area contributed by atoms with Crippen LogP contribution in [0.3, 0.4) is 0 Å². The van der Waals surface area contributed by atoms with Gasteiger partial charge in [-0.2, -0.15) is 5.10 Å². The minimum absolute atomic E-state index is 0.203. The Labute approximate surface area is 209 Å². The van der Waals surface area contributed by atoms with Crippen LogP contribution in [-0.4, -0.2) is 56.6 Å². The van der Waals surface area contributed by atoms with Crippen LogP contribution in [0.25, 0.3) is 11.0 Å². The molecule has 3 heterocycles. The highest BCUT2D eigenvalue weighted by Crippen LogP contribution is 2.29. The van der Waals surface area contributed by atoms with E-state index >= 15 is 0 Å². The zero-order valence-electron chi connectivity index (χ0n) is 19.9. The highest BCUT2D eigenvalue weighted by molar-refractivity contribution is 7.99. The van der Waals surface area contributed by atoms with Crippen LogP contribution in [0.1, 0.15) is 40.0 Å². The number of hydrogen-bond donors (Lipinski definition) is 1. The number of nitrogens with zero attached hydrogens (tertiary/aromatic N) is 5. The van der Waals surface area contributed by atoms with E-state index in [2.05, 4.69) is 22.2 Å². The van der Waals surface area contributed by atoms with Gasteiger partial charge in [0, 0.05) is 30.4 Å². The van der Waals surface area contributed by atoms with E-state index in [4.69, 9.17) is 26.3 Å². The third-order valence-electron chi connectivity index (χ3n) is 5.64. The number of hydrogen-bond acceptors (Lipinski definition) is 7. The Morgan fingerprint density at radius 3 is 2.65 bits per heavy atom. The van der Waals surface area contributed by atoms with Crippen LogP contribution in [0.4, 0.5) is 5.82 Å². The Kier molecular flexibility index (Phi) is 7.83. The molecule has 1 aliphatic rings. The van der Waals surface area contributed by atoms with Crippen LogP contribution in [0.15, 0.2) is 35.6 Å². The van der Waals surface area contributed by atoms with Gasteiger partial charge in [-0.3, -0.25) is 4.79 Å². The average molecular weight is 503 g/mol. The van der Waals surface area contributed by atoms with E-state index in [9.17, 15) is 4.79 Å². The second-order valence-electron chi connectivity index (χ2n) is 8.80. The quantitative estimate of drug-likeness (QED) is 0.321. The van der Waals surface area contributed by atoms with E-state index in [0.717, 1.165) is 47.3 Å². The van der Waals surface area contributed by atoms with E-state index in [1.807, 2.05) is 10.9 Å². The van der Waals surface area contributed by atoms with Gasteiger partial charge in [0.25, 0.3) is 5.91 Å². The number of rotatable bonds is 10. The Bertz CT molecular complexity index is 1130. The van der Waals surface area contributed by atoms with E-state index in [1.54, 1.807) is 49.9 Å². The van der Waals surface area contributed by atoms with E-state index in [0.29, 0.717) is 23.9 Å². The van der Waals surface area contributed by atoms with Crippen molar-refractivity contribution in [2.24, 2.45) is 0 Å². The predicted molar refractivity (Wildman–Crippen MR) is 137 cm³/mol. The molecule has 0 saturated carbocycles. The van der Waals surface area contributed by atoms with Crippen LogP contribution >= 0.6 is 23.4 Å². The summed E-state index contributed by atoms with van der Waals surface area (Å²) in [5.41, 5.74) is -0.226. The number of carbonyl (C=O) groups is 1. The lowest BCUT2D eigenvalue weighted by molar-refractivity contribution is -0.134. The van der Waals surface area contributed by atoms with Crippen molar-refractivity contribution in [2.45, 2.75) is 57.3 Å². The van der Waals surface area contributed by atoms with Crippen molar-refractivity contribution in [1.29, 1.82) is 0 Å². The largest absolute Gasteiger partial charge is 0.478 e. The molecular weight excluding hydrogens is 472 g/mol. The summed E-state index contributed by atoms with van der Waals surface area (Å²) in [4.78, 5) is 24.8.